The number of hydrogen-bond acceptors (Lipinski definition) is 2. The summed E-state index contributed by atoms with van der Waals surface area (Å²) in [5, 5.41) is 0.549. The Morgan fingerprint density at radius 2 is 1.79 bits per heavy atom. The Hall–Kier alpha value is -2.33. The van der Waals surface area contributed by atoms with Crippen LogP contribution in [-0.2, 0) is 11.2 Å². The van der Waals surface area contributed by atoms with Gasteiger partial charge in [-0.05, 0) is 55.4 Å². The quantitative estimate of drug-likeness (QED) is 0.760. The third-order valence-electron chi connectivity index (χ3n) is 5.82. The van der Waals surface area contributed by atoms with Crippen LogP contribution in [0.3, 0.4) is 0 Å². The highest BCUT2D eigenvalue weighted by molar-refractivity contribution is 6.31. The predicted molar refractivity (Wildman–Crippen MR) is 112 cm³/mol. The molecule has 4 rings (SSSR count). The predicted octanol–water partition coefficient (Wildman–Crippen LogP) is 4.56. The van der Waals surface area contributed by atoms with Crippen LogP contribution in [0.5, 0.6) is 0 Å². The fourth-order valence-electron chi connectivity index (χ4n) is 4.27. The summed E-state index contributed by atoms with van der Waals surface area (Å²) in [7, 11) is 0. The van der Waals surface area contributed by atoms with Crippen molar-refractivity contribution in [3.05, 3.63) is 64.7 Å². The van der Waals surface area contributed by atoms with E-state index in [1.165, 1.54) is 5.56 Å². The van der Waals surface area contributed by atoms with Gasteiger partial charge >= 0.3 is 0 Å². The molecule has 4 nitrogen and oxygen atoms in total. The van der Waals surface area contributed by atoms with Crippen molar-refractivity contribution in [2.24, 2.45) is 5.92 Å². The van der Waals surface area contributed by atoms with Crippen LogP contribution >= 0.6 is 11.6 Å². The smallest absolute Gasteiger partial charge is 0.255 e. The minimum Gasteiger partial charge on any atom is -0.339 e. The molecule has 0 aliphatic carbocycles. The first-order chi connectivity index (χ1) is 13.6. The number of hydrogen-bond donors (Lipinski definition) is 0. The van der Waals surface area contributed by atoms with Gasteiger partial charge in [0.05, 0.1) is 11.3 Å². The van der Waals surface area contributed by atoms with Crippen molar-refractivity contribution < 1.29 is 9.59 Å². The Bertz CT molecular complexity index is 860. The maximum atomic E-state index is 13.2. The molecular formula is C23H25ClN2O2. The van der Waals surface area contributed by atoms with Gasteiger partial charge in [-0.3, -0.25) is 9.59 Å². The fraction of sp³-hybridized carbons (Fsp3) is 0.391. The number of nitrogens with zero attached hydrogens (tertiary/aromatic N) is 2. The molecule has 146 valence electrons. The van der Waals surface area contributed by atoms with E-state index < -0.39 is 0 Å². The summed E-state index contributed by atoms with van der Waals surface area (Å²) < 4.78 is 0. The number of carbonyl (C=O) groups is 2. The monoisotopic (exact) mass is 396 g/mol. The maximum Gasteiger partial charge on any atom is 0.255 e. The summed E-state index contributed by atoms with van der Waals surface area (Å²) in [6, 6.07) is 15.8. The van der Waals surface area contributed by atoms with Gasteiger partial charge in [0.1, 0.15) is 0 Å². The van der Waals surface area contributed by atoms with Crippen LogP contribution in [0, 0.1) is 5.92 Å². The normalized spacial score (nSPS) is 18.0. The zero-order valence-electron chi connectivity index (χ0n) is 15.9. The van der Waals surface area contributed by atoms with E-state index in [1.54, 1.807) is 23.1 Å². The Labute approximate surface area is 171 Å². The number of rotatable bonds is 4. The standard InChI is InChI=1S/C23H25ClN2O2/c24-19-8-9-20(21(16-19)26-12-4-7-22(26)27)23(28)25-13-10-18(11-14-25)15-17-5-2-1-3-6-17/h1-3,5-6,8-9,16,18H,4,7,10-15H2. The first-order valence-electron chi connectivity index (χ1n) is 10.0. The van der Waals surface area contributed by atoms with E-state index >= 15 is 0 Å². The van der Waals surface area contributed by atoms with Gasteiger partial charge in [-0.2, -0.15) is 0 Å². The molecule has 2 fully saturated rings. The first kappa shape index (κ1) is 19.0. The molecule has 2 aromatic rings. The summed E-state index contributed by atoms with van der Waals surface area (Å²) in [6.07, 6.45) is 4.44. The molecule has 2 saturated heterocycles. The molecule has 2 aliphatic heterocycles. The molecule has 0 radical (unpaired) electrons. The largest absolute Gasteiger partial charge is 0.339 e. The number of halogens is 1. The number of anilines is 1. The maximum absolute atomic E-state index is 13.2. The van der Waals surface area contributed by atoms with Gasteiger partial charge in [0.25, 0.3) is 5.91 Å². The first-order valence-corrected chi connectivity index (χ1v) is 10.4. The number of likely N-dealkylation sites (tertiary alicyclic amines) is 1. The third kappa shape index (κ3) is 4.07. The minimum absolute atomic E-state index is 0.00419. The highest BCUT2D eigenvalue weighted by Gasteiger charge is 2.29. The number of piperidine rings is 1. The van der Waals surface area contributed by atoms with E-state index in [-0.39, 0.29) is 11.8 Å². The van der Waals surface area contributed by atoms with Gasteiger partial charge in [0.2, 0.25) is 5.91 Å². The lowest BCUT2D eigenvalue weighted by atomic mass is 9.90. The van der Waals surface area contributed by atoms with Gasteiger partial charge < -0.3 is 9.80 Å². The lowest BCUT2D eigenvalue weighted by molar-refractivity contribution is -0.117. The Balaban J connectivity index is 1.45. The van der Waals surface area contributed by atoms with Gasteiger partial charge in [-0.25, -0.2) is 0 Å². The molecule has 5 heteroatoms. The third-order valence-corrected chi connectivity index (χ3v) is 6.06. The van der Waals surface area contributed by atoms with Gasteiger partial charge in [0, 0.05) is 31.1 Å². The summed E-state index contributed by atoms with van der Waals surface area (Å²) in [6.45, 7) is 2.16. The molecule has 0 atom stereocenters. The number of amides is 2. The molecule has 0 aromatic heterocycles. The van der Waals surface area contributed by atoms with E-state index in [1.807, 2.05) is 11.0 Å². The van der Waals surface area contributed by atoms with Crippen LogP contribution in [0.1, 0.15) is 41.6 Å². The topological polar surface area (TPSA) is 40.6 Å². The van der Waals surface area contributed by atoms with Crippen molar-refractivity contribution >= 4 is 29.1 Å². The molecule has 0 saturated carbocycles. The Morgan fingerprint density at radius 1 is 1.04 bits per heavy atom. The zero-order chi connectivity index (χ0) is 19.5. The average molecular weight is 397 g/mol. The summed E-state index contributed by atoms with van der Waals surface area (Å²) in [4.78, 5) is 29.1. The van der Waals surface area contributed by atoms with Crippen molar-refractivity contribution in [2.75, 3.05) is 24.5 Å². The Morgan fingerprint density at radius 3 is 2.46 bits per heavy atom. The molecule has 2 aromatic carbocycles. The van der Waals surface area contributed by atoms with E-state index in [0.29, 0.717) is 35.2 Å². The lowest BCUT2D eigenvalue weighted by Gasteiger charge is -2.33. The van der Waals surface area contributed by atoms with Crippen LogP contribution in [0.25, 0.3) is 0 Å². The van der Waals surface area contributed by atoms with Crippen LogP contribution in [0.4, 0.5) is 5.69 Å². The molecule has 0 spiro atoms. The van der Waals surface area contributed by atoms with Crippen molar-refractivity contribution in [1.82, 2.24) is 4.90 Å². The zero-order valence-corrected chi connectivity index (χ0v) is 16.7. The highest BCUT2D eigenvalue weighted by Crippen LogP contribution is 2.31. The molecule has 2 amide bonds. The van der Waals surface area contributed by atoms with E-state index in [9.17, 15) is 9.59 Å². The van der Waals surface area contributed by atoms with Crippen LogP contribution in [0.2, 0.25) is 5.02 Å². The molecule has 0 bridgehead atoms. The van der Waals surface area contributed by atoms with Crippen molar-refractivity contribution in [1.29, 1.82) is 0 Å². The van der Waals surface area contributed by atoms with Gasteiger partial charge in [-0.1, -0.05) is 41.9 Å². The van der Waals surface area contributed by atoms with Gasteiger partial charge in [-0.15, -0.1) is 0 Å². The highest BCUT2D eigenvalue weighted by atomic mass is 35.5. The lowest BCUT2D eigenvalue weighted by Crippen LogP contribution is -2.39. The van der Waals surface area contributed by atoms with Crippen molar-refractivity contribution in [2.45, 2.75) is 32.1 Å². The Kier molecular flexibility index (Phi) is 5.67. The molecule has 2 aliphatic rings. The summed E-state index contributed by atoms with van der Waals surface area (Å²) in [5.41, 5.74) is 2.60. The summed E-state index contributed by atoms with van der Waals surface area (Å²) in [5.74, 6) is 0.679. The number of benzene rings is 2. The fourth-order valence-corrected chi connectivity index (χ4v) is 4.44. The molecular weight excluding hydrogens is 372 g/mol. The molecule has 0 unspecified atom stereocenters. The average Bonchev–Trinajstić information content (AvgIpc) is 3.14. The van der Waals surface area contributed by atoms with Gasteiger partial charge in [0.15, 0.2) is 0 Å². The van der Waals surface area contributed by atoms with Crippen molar-refractivity contribution in [3.63, 3.8) is 0 Å². The van der Waals surface area contributed by atoms with E-state index in [4.69, 9.17) is 11.6 Å². The molecule has 2 heterocycles. The second kappa shape index (κ2) is 8.36. The van der Waals surface area contributed by atoms with Crippen LogP contribution < -0.4 is 4.90 Å². The van der Waals surface area contributed by atoms with E-state index in [0.717, 1.165) is 38.8 Å². The second-order valence-electron chi connectivity index (χ2n) is 7.74. The second-order valence-corrected chi connectivity index (χ2v) is 8.17. The van der Waals surface area contributed by atoms with Crippen molar-refractivity contribution in [3.8, 4) is 0 Å². The van der Waals surface area contributed by atoms with E-state index in [2.05, 4.69) is 24.3 Å². The summed E-state index contributed by atoms with van der Waals surface area (Å²) >= 11 is 6.17. The molecule has 28 heavy (non-hydrogen) atoms. The minimum atomic E-state index is 0.00419. The molecule has 0 N–H and O–H groups in total. The van der Waals surface area contributed by atoms with Crippen LogP contribution in [-0.4, -0.2) is 36.3 Å². The SMILES string of the molecule is O=C(c1ccc(Cl)cc1N1CCCC1=O)N1CCC(Cc2ccccc2)CC1. The number of carbonyl (C=O) groups excluding carboxylic acids is 2. The van der Waals surface area contributed by atoms with Crippen LogP contribution in [0.15, 0.2) is 48.5 Å².